The maximum absolute atomic E-state index is 9.37. The van der Waals surface area contributed by atoms with Crippen molar-refractivity contribution in [2.45, 2.75) is 13.3 Å². The van der Waals surface area contributed by atoms with Crippen LogP contribution in [0.1, 0.15) is 13.3 Å². The van der Waals surface area contributed by atoms with E-state index < -0.39 is 5.97 Å². The van der Waals surface area contributed by atoms with E-state index in [9.17, 15) is 4.79 Å². The average Bonchev–Trinajstić information content (AvgIpc) is 1.38. The van der Waals surface area contributed by atoms with Crippen LogP contribution in [0.2, 0.25) is 0 Å². The second-order valence-electron chi connectivity index (χ2n) is 0.747. The summed E-state index contributed by atoms with van der Waals surface area (Å²) in [5.74, 6) is -0.745. The summed E-state index contributed by atoms with van der Waals surface area (Å²) in [5.41, 5.74) is 0. The number of rotatable bonds is 1. The van der Waals surface area contributed by atoms with Gasteiger partial charge in [0.15, 0.2) is 0 Å². The Labute approximate surface area is 95.0 Å². The molecule has 4 heteroatoms. The summed E-state index contributed by atoms with van der Waals surface area (Å²) in [6.45, 7) is 1.60. The molecular formula is C3H9CaNaO2. The zero-order chi connectivity index (χ0) is 4.28. The van der Waals surface area contributed by atoms with Gasteiger partial charge in [-0.05, 0) is 0 Å². The van der Waals surface area contributed by atoms with E-state index in [1.807, 2.05) is 0 Å². The van der Waals surface area contributed by atoms with Crippen molar-refractivity contribution >= 4 is 73.3 Å². The summed E-state index contributed by atoms with van der Waals surface area (Å²) in [7, 11) is 0. The van der Waals surface area contributed by atoms with Gasteiger partial charge in [-0.3, -0.25) is 4.79 Å². The van der Waals surface area contributed by atoms with Gasteiger partial charge in [-0.15, -0.1) is 0 Å². The SMILES string of the molecule is CCC(=O)O.[CaH2].[NaH]. The van der Waals surface area contributed by atoms with Crippen LogP contribution in [-0.4, -0.2) is 78.4 Å². The Hall–Kier alpha value is 1.73. The fourth-order valence-electron chi connectivity index (χ4n) is 0. The van der Waals surface area contributed by atoms with E-state index in [4.69, 9.17) is 5.11 Å². The zero-order valence-electron chi connectivity index (χ0n) is 3.06. The van der Waals surface area contributed by atoms with Crippen LogP contribution >= 0.6 is 0 Å². The molecule has 0 saturated carbocycles. The molecule has 0 aromatic carbocycles. The number of carboxylic acids is 1. The number of aliphatic carboxylic acids is 1. The van der Waals surface area contributed by atoms with Crippen molar-refractivity contribution in [3.05, 3.63) is 0 Å². The maximum atomic E-state index is 9.37. The molecule has 0 heterocycles. The summed E-state index contributed by atoms with van der Waals surface area (Å²) < 4.78 is 0. The van der Waals surface area contributed by atoms with Gasteiger partial charge in [0.2, 0.25) is 0 Å². The third-order valence-electron chi connectivity index (χ3n) is 0.302. The predicted molar refractivity (Wildman–Crippen MR) is 33.6 cm³/mol. The minimum atomic E-state index is -0.745. The van der Waals surface area contributed by atoms with Gasteiger partial charge in [0.25, 0.3) is 0 Å². The van der Waals surface area contributed by atoms with E-state index in [1.54, 1.807) is 6.92 Å². The van der Waals surface area contributed by atoms with Gasteiger partial charge in [-0.25, -0.2) is 0 Å². The summed E-state index contributed by atoms with van der Waals surface area (Å²) in [5, 5.41) is 7.72. The van der Waals surface area contributed by atoms with Crippen molar-refractivity contribution < 1.29 is 9.90 Å². The molecule has 2 nitrogen and oxygen atoms in total. The molecule has 0 aliphatic carbocycles. The standard InChI is InChI=1S/C3H6O2.Ca.Na.3H/c1-2-3(4)5;;;;;/h2H2,1H3,(H,4,5);;;;;. The number of carbonyl (C=O) groups is 1. The van der Waals surface area contributed by atoms with E-state index in [1.165, 1.54) is 0 Å². The molecule has 0 radical (unpaired) electrons. The first-order valence-corrected chi connectivity index (χ1v) is 1.49. The van der Waals surface area contributed by atoms with Crippen LogP contribution in [-0.2, 0) is 4.79 Å². The molecule has 0 aromatic heterocycles. The number of hydrogen-bond acceptors (Lipinski definition) is 1. The molecule has 0 fully saturated rings. The van der Waals surface area contributed by atoms with E-state index >= 15 is 0 Å². The molecule has 0 aliphatic heterocycles. The van der Waals surface area contributed by atoms with Gasteiger partial charge in [0.05, 0.1) is 0 Å². The minimum absolute atomic E-state index is 0. The van der Waals surface area contributed by atoms with Crippen LogP contribution in [0.5, 0.6) is 0 Å². The normalized spacial score (nSPS) is 5.29. The molecule has 0 spiro atoms. The summed E-state index contributed by atoms with van der Waals surface area (Å²) in [6.07, 6.45) is 0.222. The Morgan fingerprint density at radius 2 is 1.86 bits per heavy atom. The van der Waals surface area contributed by atoms with Gasteiger partial charge >= 0.3 is 73.3 Å². The van der Waals surface area contributed by atoms with Crippen LogP contribution in [0.25, 0.3) is 0 Å². The monoisotopic (exact) mass is 140 g/mol. The Morgan fingerprint density at radius 3 is 1.86 bits per heavy atom. The Morgan fingerprint density at radius 1 is 1.71 bits per heavy atom. The predicted octanol–water partition coefficient (Wildman–Crippen LogP) is -1.08. The van der Waals surface area contributed by atoms with Gasteiger partial charge in [-0.1, -0.05) is 6.92 Å². The Kier molecular flexibility index (Phi) is 24.2. The van der Waals surface area contributed by atoms with Gasteiger partial charge < -0.3 is 5.11 Å². The summed E-state index contributed by atoms with van der Waals surface area (Å²) >= 11 is 0. The van der Waals surface area contributed by atoms with Crippen LogP contribution < -0.4 is 0 Å². The first kappa shape index (κ1) is 15.9. The first-order chi connectivity index (χ1) is 2.27. The van der Waals surface area contributed by atoms with Crippen LogP contribution in [0.15, 0.2) is 0 Å². The topological polar surface area (TPSA) is 37.3 Å². The van der Waals surface area contributed by atoms with Crippen LogP contribution in [0, 0.1) is 0 Å². The first-order valence-electron chi connectivity index (χ1n) is 1.49. The third-order valence-corrected chi connectivity index (χ3v) is 0.302. The quantitative estimate of drug-likeness (QED) is 0.470. The fraction of sp³-hybridized carbons (Fsp3) is 0.667. The van der Waals surface area contributed by atoms with E-state index in [2.05, 4.69) is 0 Å². The molecule has 0 rings (SSSR count). The van der Waals surface area contributed by atoms with E-state index in [0.29, 0.717) is 0 Å². The Bertz CT molecular complexity index is 48.2. The molecule has 7 heavy (non-hydrogen) atoms. The number of carboxylic acid groups (broad SMARTS) is 1. The van der Waals surface area contributed by atoms with E-state index in [0.717, 1.165) is 0 Å². The van der Waals surface area contributed by atoms with Gasteiger partial charge in [0.1, 0.15) is 0 Å². The molecule has 0 unspecified atom stereocenters. The van der Waals surface area contributed by atoms with Crippen LogP contribution in [0.4, 0.5) is 0 Å². The number of hydrogen-bond donors (Lipinski definition) is 1. The molecule has 0 aliphatic rings. The molecule has 0 atom stereocenters. The van der Waals surface area contributed by atoms with Crippen molar-refractivity contribution in [3.63, 3.8) is 0 Å². The molecule has 0 saturated heterocycles. The molecule has 0 amide bonds. The fourth-order valence-corrected chi connectivity index (χ4v) is 0. The van der Waals surface area contributed by atoms with Crippen molar-refractivity contribution in [1.82, 2.24) is 0 Å². The second kappa shape index (κ2) is 10.7. The molecule has 0 bridgehead atoms. The summed E-state index contributed by atoms with van der Waals surface area (Å²) in [6, 6.07) is 0. The molecule has 36 valence electrons. The zero-order valence-corrected chi connectivity index (χ0v) is 3.06. The molecule has 0 aromatic rings. The molecular weight excluding hydrogens is 131 g/mol. The summed E-state index contributed by atoms with van der Waals surface area (Å²) in [4.78, 5) is 9.37. The van der Waals surface area contributed by atoms with Gasteiger partial charge in [-0.2, -0.15) is 0 Å². The van der Waals surface area contributed by atoms with Crippen molar-refractivity contribution in [3.8, 4) is 0 Å². The third kappa shape index (κ3) is 18.2. The van der Waals surface area contributed by atoms with Crippen molar-refractivity contribution in [2.24, 2.45) is 0 Å². The molecule has 1 N–H and O–H groups in total. The van der Waals surface area contributed by atoms with E-state index in [-0.39, 0.29) is 73.7 Å². The average molecular weight is 140 g/mol. The Balaban J connectivity index is -0.0000000800. The second-order valence-corrected chi connectivity index (χ2v) is 0.747. The van der Waals surface area contributed by atoms with Gasteiger partial charge in [0, 0.05) is 6.42 Å². The van der Waals surface area contributed by atoms with Crippen molar-refractivity contribution in [2.75, 3.05) is 0 Å². The van der Waals surface area contributed by atoms with Crippen LogP contribution in [0.3, 0.4) is 0 Å². The van der Waals surface area contributed by atoms with Crippen molar-refractivity contribution in [1.29, 1.82) is 0 Å².